The van der Waals surface area contributed by atoms with Crippen LogP contribution in [0.4, 0.5) is 9.59 Å². The molecule has 1 saturated carbocycles. The van der Waals surface area contributed by atoms with E-state index in [4.69, 9.17) is 9.47 Å². The number of carbonyl (C=O) groups is 2. The average molecular weight is 400 g/mol. The Morgan fingerprint density at radius 1 is 1.14 bits per heavy atom. The molecule has 1 amide bonds. The number of nitrogens with zero attached hydrogens (tertiary/aromatic N) is 3. The Hall–Kier alpha value is -2.90. The predicted octanol–water partition coefficient (Wildman–Crippen LogP) is 4.01. The van der Waals surface area contributed by atoms with Crippen LogP contribution in [0.25, 0.3) is 0 Å². The molecule has 8 nitrogen and oxygen atoms in total. The number of nitrogens with one attached hydrogen (secondary N) is 1. The molecule has 3 rings (SSSR count). The topological polar surface area (TPSA) is 95.3 Å². The van der Waals surface area contributed by atoms with Gasteiger partial charge in [-0.05, 0) is 52.0 Å². The van der Waals surface area contributed by atoms with E-state index in [1.54, 1.807) is 0 Å². The van der Waals surface area contributed by atoms with Crippen LogP contribution in [-0.4, -0.2) is 38.6 Å². The minimum Gasteiger partial charge on any atom is -0.445 e. The number of aromatic nitrogens is 3. The van der Waals surface area contributed by atoms with Gasteiger partial charge in [0.1, 0.15) is 24.4 Å². The number of ether oxygens (including phenoxy) is 2. The SMILES string of the molecule is CC(C)(C)OC(=O)n1ncnc1[C@H]1CC[C@H](NC(=O)OCc2ccccc2)CC1. The molecule has 0 spiro atoms. The molecule has 8 heteroatoms. The molecular formula is C21H28N4O4. The van der Waals surface area contributed by atoms with Gasteiger partial charge in [-0.15, -0.1) is 9.78 Å². The van der Waals surface area contributed by atoms with Gasteiger partial charge in [0.05, 0.1) is 0 Å². The van der Waals surface area contributed by atoms with Crippen LogP contribution in [0.2, 0.25) is 0 Å². The van der Waals surface area contributed by atoms with Gasteiger partial charge in [0, 0.05) is 12.0 Å². The molecule has 1 fully saturated rings. The highest BCUT2D eigenvalue weighted by atomic mass is 16.6. The molecule has 1 heterocycles. The summed E-state index contributed by atoms with van der Waals surface area (Å²) in [7, 11) is 0. The van der Waals surface area contributed by atoms with E-state index < -0.39 is 17.8 Å². The van der Waals surface area contributed by atoms with Crippen LogP contribution in [0.3, 0.4) is 0 Å². The number of amides is 1. The van der Waals surface area contributed by atoms with Crippen molar-refractivity contribution < 1.29 is 19.1 Å². The fraction of sp³-hybridized carbons (Fsp3) is 0.524. The second-order valence-electron chi connectivity index (χ2n) is 8.26. The molecule has 0 saturated heterocycles. The molecule has 1 aromatic heterocycles. The maximum Gasteiger partial charge on any atom is 0.436 e. The summed E-state index contributed by atoms with van der Waals surface area (Å²) < 4.78 is 11.9. The van der Waals surface area contributed by atoms with E-state index >= 15 is 0 Å². The standard InChI is InChI=1S/C21H28N4O4/c1-21(2,3)29-20(27)25-18(22-14-23-25)16-9-11-17(12-10-16)24-19(26)28-13-15-7-5-4-6-8-15/h4-8,14,16-17H,9-13H2,1-3H3,(H,24,26)/t16-,17-. The summed E-state index contributed by atoms with van der Waals surface area (Å²) in [5, 5.41) is 6.97. The van der Waals surface area contributed by atoms with E-state index in [-0.39, 0.29) is 18.6 Å². The summed E-state index contributed by atoms with van der Waals surface area (Å²) in [5.41, 5.74) is 0.356. The van der Waals surface area contributed by atoms with Crippen LogP contribution in [0.1, 0.15) is 63.8 Å². The Kier molecular flexibility index (Phi) is 6.51. The number of carbonyl (C=O) groups excluding carboxylic acids is 2. The zero-order chi connectivity index (χ0) is 20.9. The van der Waals surface area contributed by atoms with Crippen LogP contribution in [0.5, 0.6) is 0 Å². The minimum atomic E-state index is -0.595. The lowest BCUT2D eigenvalue weighted by Crippen LogP contribution is -2.38. The third kappa shape index (κ3) is 6.04. The lowest BCUT2D eigenvalue weighted by atomic mass is 9.85. The Balaban J connectivity index is 1.48. The highest BCUT2D eigenvalue weighted by Crippen LogP contribution is 2.32. The first-order valence-corrected chi connectivity index (χ1v) is 9.92. The van der Waals surface area contributed by atoms with Crippen molar-refractivity contribution in [2.45, 2.75) is 70.6 Å². The largest absolute Gasteiger partial charge is 0.445 e. The molecule has 29 heavy (non-hydrogen) atoms. The molecule has 0 bridgehead atoms. The van der Waals surface area contributed by atoms with E-state index in [1.807, 2.05) is 51.1 Å². The number of rotatable bonds is 4. The van der Waals surface area contributed by atoms with Gasteiger partial charge in [-0.3, -0.25) is 0 Å². The molecule has 0 atom stereocenters. The van der Waals surface area contributed by atoms with Crippen LogP contribution in [0.15, 0.2) is 36.7 Å². The fourth-order valence-electron chi connectivity index (χ4n) is 3.40. The summed E-state index contributed by atoms with van der Waals surface area (Å²) in [6, 6.07) is 9.62. The van der Waals surface area contributed by atoms with E-state index in [2.05, 4.69) is 15.4 Å². The van der Waals surface area contributed by atoms with Crippen molar-refractivity contribution in [2.24, 2.45) is 0 Å². The number of benzene rings is 1. The van der Waals surface area contributed by atoms with Gasteiger partial charge in [0.15, 0.2) is 0 Å². The van der Waals surface area contributed by atoms with Gasteiger partial charge in [-0.2, -0.15) is 0 Å². The van der Waals surface area contributed by atoms with Crippen molar-refractivity contribution in [2.75, 3.05) is 0 Å². The average Bonchev–Trinajstić information content (AvgIpc) is 3.17. The van der Waals surface area contributed by atoms with Crippen molar-refractivity contribution in [1.82, 2.24) is 20.1 Å². The van der Waals surface area contributed by atoms with E-state index in [0.29, 0.717) is 5.82 Å². The van der Waals surface area contributed by atoms with Crippen molar-refractivity contribution in [3.05, 3.63) is 48.0 Å². The van der Waals surface area contributed by atoms with Gasteiger partial charge >= 0.3 is 12.2 Å². The number of hydrogen-bond donors (Lipinski definition) is 1. The second kappa shape index (κ2) is 9.07. The van der Waals surface area contributed by atoms with E-state index in [1.165, 1.54) is 11.0 Å². The first kappa shape index (κ1) is 20.8. The van der Waals surface area contributed by atoms with E-state index in [9.17, 15) is 9.59 Å². The maximum absolute atomic E-state index is 12.3. The van der Waals surface area contributed by atoms with Crippen molar-refractivity contribution in [1.29, 1.82) is 0 Å². The lowest BCUT2D eigenvalue weighted by molar-refractivity contribution is 0.0504. The Bertz CT molecular complexity index is 821. The zero-order valence-corrected chi connectivity index (χ0v) is 17.1. The maximum atomic E-state index is 12.3. The molecule has 1 aromatic carbocycles. The molecule has 0 unspecified atom stereocenters. The molecule has 1 aliphatic carbocycles. The first-order chi connectivity index (χ1) is 13.8. The third-order valence-electron chi connectivity index (χ3n) is 4.77. The smallest absolute Gasteiger partial charge is 0.436 e. The Morgan fingerprint density at radius 3 is 2.48 bits per heavy atom. The fourth-order valence-corrected chi connectivity index (χ4v) is 3.40. The van der Waals surface area contributed by atoms with Crippen LogP contribution in [0, 0.1) is 0 Å². The van der Waals surface area contributed by atoms with Gasteiger partial charge in [-0.25, -0.2) is 14.6 Å². The van der Waals surface area contributed by atoms with Gasteiger partial charge < -0.3 is 14.8 Å². The number of alkyl carbamates (subject to hydrolysis) is 1. The second-order valence-corrected chi connectivity index (χ2v) is 8.26. The normalized spacial score (nSPS) is 19.4. The molecular weight excluding hydrogens is 372 g/mol. The molecule has 2 aromatic rings. The van der Waals surface area contributed by atoms with Crippen molar-refractivity contribution in [3.63, 3.8) is 0 Å². The first-order valence-electron chi connectivity index (χ1n) is 9.92. The molecule has 1 N–H and O–H groups in total. The molecule has 1 aliphatic rings. The summed E-state index contributed by atoms with van der Waals surface area (Å²) in [5.74, 6) is 0.716. The molecule has 156 valence electrons. The van der Waals surface area contributed by atoms with Gasteiger partial charge in [-0.1, -0.05) is 30.3 Å². The highest BCUT2D eigenvalue weighted by molar-refractivity contribution is 5.70. The Morgan fingerprint density at radius 2 is 1.83 bits per heavy atom. The summed E-state index contributed by atoms with van der Waals surface area (Å²) in [6.45, 7) is 5.70. The summed E-state index contributed by atoms with van der Waals surface area (Å²) >= 11 is 0. The zero-order valence-electron chi connectivity index (χ0n) is 17.1. The van der Waals surface area contributed by atoms with Gasteiger partial charge in [0.2, 0.25) is 0 Å². The van der Waals surface area contributed by atoms with Crippen molar-refractivity contribution in [3.8, 4) is 0 Å². The predicted molar refractivity (Wildman–Crippen MR) is 106 cm³/mol. The molecule has 0 radical (unpaired) electrons. The monoisotopic (exact) mass is 400 g/mol. The number of hydrogen-bond acceptors (Lipinski definition) is 6. The van der Waals surface area contributed by atoms with Crippen molar-refractivity contribution >= 4 is 12.2 Å². The van der Waals surface area contributed by atoms with Crippen LogP contribution < -0.4 is 5.32 Å². The minimum absolute atomic E-state index is 0.0485. The van der Waals surface area contributed by atoms with Gasteiger partial charge in [0.25, 0.3) is 0 Å². The Labute approximate surface area is 170 Å². The quantitative estimate of drug-likeness (QED) is 0.833. The highest BCUT2D eigenvalue weighted by Gasteiger charge is 2.30. The summed E-state index contributed by atoms with van der Waals surface area (Å²) in [4.78, 5) is 28.7. The molecule has 0 aliphatic heterocycles. The summed E-state index contributed by atoms with van der Waals surface area (Å²) in [6.07, 6.45) is 3.61. The van der Waals surface area contributed by atoms with Crippen LogP contribution >= 0.6 is 0 Å². The van der Waals surface area contributed by atoms with E-state index in [0.717, 1.165) is 31.2 Å². The lowest BCUT2D eigenvalue weighted by Gasteiger charge is -2.28. The third-order valence-corrected chi connectivity index (χ3v) is 4.77. The van der Waals surface area contributed by atoms with Crippen LogP contribution in [-0.2, 0) is 16.1 Å².